The Kier molecular flexibility index (Phi) is 5.86. The Labute approximate surface area is 123 Å². The molecule has 0 radical (unpaired) electrons. The van der Waals surface area contributed by atoms with E-state index in [2.05, 4.69) is 35.3 Å². The highest BCUT2D eigenvalue weighted by atomic mass is 16.5. The molecule has 3 heteroatoms. The smallest absolute Gasteiger partial charge is 0.123 e. The molecule has 20 heavy (non-hydrogen) atoms. The summed E-state index contributed by atoms with van der Waals surface area (Å²) in [5.74, 6) is 1.90. The monoisotopic (exact) mass is 276 g/mol. The molecule has 0 aliphatic carbocycles. The van der Waals surface area contributed by atoms with Crippen LogP contribution < -0.4 is 10.1 Å². The maximum absolute atomic E-state index is 5.50. The van der Waals surface area contributed by atoms with E-state index in [0.717, 1.165) is 18.2 Å². The molecule has 1 heterocycles. The van der Waals surface area contributed by atoms with E-state index in [1.807, 2.05) is 13.1 Å². The topological polar surface area (TPSA) is 24.5 Å². The van der Waals surface area contributed by atoms with Gasteiger partial charge in [-0.3, -0.25) is 4.90 Å². The average molecular weight is 276 g/mol. The lowest BCUT2D eigenvalue weighted by molar-refractivity contribution is 0.136. The summed E-state index contributed by atoms with van der Waals surface area (Å²) in [6, 6.07) is 8.84. The summed E-state index contributed by atoms with van der Waals surface area (Å²) in [6.45, 7) is 5.85. The standard InChI is InChI=1S/C17H28N2O/c1-14(16-6-4-5-7-17(16)20-3)19-12-9-15(10-13-19)8-11-18-2/h4-7,14-15,18H,8-13H2,1-3H3. The van der Waals surface area contributed by atoms with Gasteiger partial charge in [-0.1, -0.05) is 18.2 Å². The zero-order chi connectivity index (χ0) is 14.4. The zero-order valence-electron chi connectivity index (χ0n) is 13.1. The van der Waals surface area contributed by atoms with Crippen molar-refractivity contribution in [1.29, 1.82) is 0 Å². The normalized spacial score (nSPS) is 18.9. The van der Waals surface area contributed by atoms with Crippen LogP contribution in [0.4, 0.5) is 0 Å². The van der Waals surface area contributed by atoms with Crippen molar-refractivity contribution in [3.8, 4) is 5.75 Å². The Bertz CT molecular complexity index is 400. The van der Waals surface area contributed by atoms with Gasteiger partial charge in [0.15, 0.2) is 0 Å². The van der Waals surface area contributed by atoms with E-state index in [1.54, 1.807) is 7.11 Å². The molecule has 0 saturated carbocycles. The molecule has 3 nitrogen and oxygen atoms in total. The van der Waals surface area contributed by atoms with Crippen LogP contribution in [-0.2, 0) is 0 Å². The van der Waals surface area contributed by atoms with Crippen LogP contribution >= 0.6 is 0 Å². The summed E-state index contributed by atoms with van der Waals surface area (Å²) >= 11 is 0. The molecule has 1 fully saturated rings. The number of para-hydroxylation sites is 1. The van der Waals surface area contributed by atoms with E-state index in [9.17, 15) is 0 Å². The van der Waals surface area contributed by atoms with E-state index in [-0.39, 0.29) is 0 Å². The molecule has 1 aromatic rings. The fraction of sp³-hybridized carbons (Fsp3) is 0.647. The Balaban J connectivity index is 1.93. The fourth-order valence-electron chi connectivity index (χ4n) is 3.19. The van der Waals surface area contributed by atoms with Gasteiger partial charge in [-0.2, -0.15) is 0 Å². The number of ether oxygens (including phenoxy) is 1. The summed E-state index contributed by atoms with van der Waals surface area (Å²) in [7, 11) is 3.80. The number of nitrogens with one attached hydrogen (secondary N) is 1. The van der Waals surface area contributed by atoms with Crippen molar-refractivity contribution < 1.29 is 4.74 Å². The van der Waals surface area contributed by atoms with Crippen LogP contribution in [0.15, 0.2) is 24.3 Å². The van der Waals surface area contributed by atoms with E-state index in [0.29, 0.717) is 6.04 Å². The molecule has 1 saturated heterocycles. The molecule has 1 aliphatic heterocycles. The van der Waals surface area contributed by atoms with Crippen LogP contribution in [0.1, 0.15) is 37.8 Å². The number of piperidine rings is 1. The molecule has 0 bridgehead atoms. The largest absolute Gasteiger partial charge is 0.496 e. The maximum atomic E-state index is 5.50. The van der Waals surface area contributed by atoms with Crippen LogP contribution in [0.3, 0.4) is 0 Å². The SMILES string of the molecule is CNCCC1CCN(C(C)c2ccccc2OC)CC1. The van der Waals surface area contributed by atoms with Gasteiger partial charge in [-0.25, -0.2) is 0 Å². The molecule has 2 rings (SSSR count). The fourth-order valence-corrected chi connectivity index (χ4v) is 3.19. The minimum atomic E-state index is 0.441. The minimum Gasteiger partial charge on any atom is -0.496 e. The summed E-state index contributed by atoms with van der Waals surface area (Å²) < 4.78 is 5.50. The van der Waals surface area contributed by atoms with Gasteiger partial charge in [0, 0.05) is 11.6 Å². The Morgan fingerprint density at radius 3 is 2.65 bits per heavy atom. The first-order valence-corrected chi connectivity index (χ1v) is 7.77. The van der Waals surface area contributed by atoms with Crippen molar-refractivity contribution in [3.05, 3.63) is 29.8 Å². The number of hydrogen-bond donors (Lipinski definition) is 1. The number of nitrogens with zero attached hydrogens (tertiary/aromatic N) is 1. The van der Waals surface area contributed by atoms with E-state index in [1.165, 1.54) is 37.9 Å². The van der Waals surface area contributed by atoms with Crippen molar-refractivity contribution in [2.45, 2.75) is 32.2 Å². The summed E-state index contributed by atoms with van der Waals surface area (Å²) in [5.41, 5.74) is 1.31. The lowest BCUT2D eigenvalue weighted by Gasteiger charge is -2.36. The minimum absolute atomic E-state index is 0.441. The number of hydrogen-bond acceptors (Lipinski definition) is 3. The molecule has 0 spiro atoms. The van der Waals surface area contributed by atoms with Crippen LogP contribution in [0.5, 0.6) is 5.75 Å². The van der Waals surface area contributed by atoms with Gasteiger partial charge in [0.25, 0.3) is 0 Å². The molecule has 0 amide bonds. The summed E-state index contributed by atoms with van der Waals surface area (Å²) in [6.07, 6.45) is 3.95. The van der Waals surface area contributed by atoms with Gasteiger partial charge in [0.2, 0.25) is 0 Å². The molecule has 1 atom stereocenters. The Morgan fingerprint density at radius 2 is 2.00 bits per heavy atom. The molecule has 1 unspecified atom stereocenters. The van der Waals surface area contributed by atoms with Crippen LogP contribution in [0.25, 0.3) is 0 Å². The van der Waals surface area contributed by atoms with Gasteiger partial charge in [-0.15, -0.1) is 0 Å². The second-order valence-corrected chi connectivity index (χ2v) is 5.79. The van der Waals surface area contributed by atoms with Crippen LogP contribution in [-0.4, -0.2) is 38.7 Å². The lowest BCUT2D eigenvalue weighted by atomic mass is 9.92. The van der Waals surface area contributed by atoms with E-state index in [4.69, 9.17) is 4.74 Å². The first kappa shape index (κ1) is 15.3. The second-order valence-electron chi connectivity index (χ2n) is 5.79. The van der Waals surface area contributed by atoms with Crippen LogP contribution in [0.2, 0.25) is 0 Å². The van der Waals surface area contributed by atoms with E-state index >= 15 is 0 Å². The van der Waals surface area contributed by atoms with Gasteiger partial charge >= 0.3 is 0 Å². The van der Waals surface area contributed by atoms with Crippen molar-refractivity contribution in [2.75, 3.05) is 33.8 Å². The van der Waals surface area contributed by atoms with Crippen molar-refractivity contribution >= 4 is 0 Å². The van der Waals surface area contributed by atoms with E-state index < -0.39 is 0 Å². The summed E-state index contributed by atoms with van der Waals surface area (Å²) in [4.78, 5) is 2.59. The van der Waals surface area contributed by atoms with Gasteiger partial charge in [-0.05, 0) is 64.9 Å². The van der Waals surface area contributed by atoms with Gasteiger partial charge in [0.05, 0.1) is 7.11 Å². The Hall–Kier alpha value is -1.06. The zero-order valence-corrected chi connectivity index (χ0v) is 13.1. The molecule has 112 valence electrons. The van der Waals surface area contributed by atoms with Gasteiger partial charge < -0.3 is 10.1 Å². The molecule has 0 aromatic heterocycles. The average Bonchev–Trinajstić information content (AvgIpc) is 2.52. The quantitative estimate of drug-likeness (QED) is 0.864. The van der Waals surface area contributed by atoms with Crippen LogP contribution in [0, 0.1) is 5.92 Å². The predicted octanol–water partition coefficient (Wildman–Crippen LogP) is 3.08. The first-order chi connectivity index (χ1) is 9.76. The Morgan fingerprint density at radius 1 is 1.30 bits per heavy atom. The molecule has 1 aromatic carbocycles. The first-order valence-electron chi connectivity index (χ1n) is 7.77. The third-order valence-corrected chi connectivity index (χ3v) is 4.59. The third-order valence-electron chi connectivity index (χ3n) is 4.59. The number of benzene rings is 1. The van der Waals surface area contributed by atoms with Crippen molar-refractivity contribution in [1.82, 2.24) is 10.2 Å². The van der Waals surface area contributed by atoms with Crippen molar-refractivity contribution in [3.63, 3.8) is 0 Å². The van der Waals surface area contributed by atoms with Crippen molar-refractivity contribution in [2.24, 2.45) is 5.92 Å². The highest BCUT2D eigenvalue weighted by Gasteiger charge is 2.24. The number of methoxy groups -OCH3 is 1. The second kappa shape index (κ2) is 7.65. The molecule has 1 N–H and O–H groups in total. The number of likely N-dealkylation sites (tertiary alicyclic amines) is 1. The molecular formula is C17H28N2O. The molecule has 1 aliphatic rings. The highest BCUT2D eigenvalue weighted by molar-refractivity contribution is 5.35. The summed E-state index contributed by atoms with van der Waals surface area (Å²) in [5, 5.41) is 3.26. The highest BCUT2D eigenvalue weighted by Crippen LogP contribution is 2.32. The lowest BCUT2D eigenvalue weighted by Crippen LogP contribution is -2.36. The van der Waals surface area contributed by atoms with Gasteiger partial charge in [0.1, 0.15) is 5.75 Å². The predicted molar refractivity (Wildman–Crippen MR) is 84.2 cm³/mol. The third kappa shape index (κ3) is 3.74. The maximum Gasteiger partial charge on any atom is 0.123 e. The number of rotatable bonds is 6. The molecular weight excluding hydrogens is 248 g/mol.